The first-order valence-electron chi connectivity index (χ1n) is 5.35. The van der Waals surface area contributed by atoms with Gasteiger partial charge in [0.2, 0.25) is 0 Å². The van der Waals surface area contributed by atoms with Gasteiger partial charge in [0.1, 0.15) is 0 Å². The molecule has 0 aromatic carbocycles. The number of carbonyl (C=O) groups excluding carboxylic acids is 1. The molecule has 0 aromatic heterocycles. The van der Waals surface area contributed by atoms with Crippen LogP contribution in [0.3, 0.4) is 0 Å². The number of thioether (sulfide) groups is 1. The van der Waals surface area contributed by atoms with E-state index >= 15 is 0 Å². The molecule has 0 atom stereocenters. The van der Waals surface area contributed by atoms with Crippen LogP contribution in [-0.4, -0.2) is 53.6 Å². The lowest BCUT2D eigenvalue weighted by Gasteiger charge is -2.20. The first-order valence-corrected chi connectivity index (χ1v) is 6.74. The van der Waals surface area contributed by atoms with E-state index in [1.807, 2.05) is 13.2 Å². The molecular weight excluding hydrogens is 228 g/mol. The van der Waals surface area contributed by atoms with Gasteiger partial charge >= 0.3 is 12.0 Å². The molecule has 0 aromatic rings. The number of urea groups is 1. The van der Waals surface area contributed by atoms with Crippen LogP contribution in [-0.2, 0) is 4.79 Å². The second-order valence-corrected chi connectivity index (χ2v) is 4.29. The second-order valence-electron chi connectivity index (χ2n) is 3.30. The van der Waals surface area contributed by atoms with Crippen LogP contribution in [0.2, 0.25) is 0 Å². The minimum atomic E-state index is -0.881. The van der Waals surface area contributed by atoms with Crippen molar-refractivity contribution in [2.45, 2.75) is 19.8 Å². The molecule has 0 radical (unpaired) electrons. The number of nitrogens with one attached hydrogen (secondary N) is 1. The van der Waals surface area contributed by atoms with Crippen LogP contribution in [0.5, 0.6) is 0 Å². The van der Waals surface area contributed by atoms with Gasteiger partial charge in [-0.25, -0.2) is 4.79 Å². The molecule has 94 valence electrons. The Labute approximate surface area is 101 Å². The maximum Gasteiger partial charge on any atom is 0.317 e. The van der Waals surface area contributed by atoms with Crippen LogP contribution in [0.25, 0.3) is 0 Å². The molecule has 2 N–H and O–H groups in total. The zero-order chi connectivity index (χ0) is 12.4. The van der Waals surface area contributed by atoms with Crippen LogP contribution in [0.1, 0.15) is 19.8 Å². The van der Waals surface area contributed by atoms with Crippen LogP contribution < -0.4 is 5.32 Å². The van der Waals surface area contributed by atoms with Crippen LogP contribution in [0.15, 0.2) is 0 Å². The quantitative estimate of drug-likeness (QED) is 0.634. The van der Waals surface area contributed by atoms with E-state index in [0.717, 1.165) is 12.2 Å². The highest BCUT2D eigenvalue weighted by molar-refractivity contribution is 7.98. The monoisotopic (exact) mass is 248 g/mol. The van der Waals surface area contributed by atoms with Gasteiger partial charge in [-0.1, -0.05) is 0 Å². The molecule has 0 heterocycles. The first kappa shape index (κ1) is 15.1. The van der Waals surface area contributed by atoms with Crippen molar-refractivity contribution in [3.05, 3.63) is 0 Å². The van der Waals surface area contributed by atoms with Crippen molar-refractivity contribution >= 4 is 23.8 Å². The molecule has 0 aliphatic carbocycles. The molecule has 0 rings (SSSR count). The standard InChI is InChI=1S/C10H20N2O3S/c1-3-12(7-5-9(13)14)10(15)11-6-4-8-16-2/h3-8H2,1-2H3,(H,11,15)(H,13,14). The predicted molar refractivity (Wildman–Crippen MR) is 65.9 cm³/mol. The van der Waals surface area contributed by atoms with Crippen LogP contribution in [0, 0.1) is 0 Å². The Morgan fingerprint density at radius 2 is 2.12 bits per heavy atom. The summed E-state index contributed by atoms with van der Waals surface area (Å²) >= 11 is 1.74. The molecule has 16 heavy (non-hydrogen) atoms. The zero-order valence-corrected chi connectivity index (χ0v) is 10.7. The summed E-state index contributed by atoms with van der Waals surface area (Å²) in [5.41, 5.74) is 0. The maximum atomic E-state index is 11.6. The third kappa shape index (κ3) is 7.39. The number of aliphatic carboxylic acids is 1. The highest BCUT2D eigenvalue weighted by Crippen LogP contribution is 1.96. The molecule has 0 spiro atoms. The van der Waals surface area contributed by atoms with Gasteiger partial charge in [0.25, 0.3) is 0 Å². The van der Waals surface area contributed by atoms with E-state index < -0.39 is 5.97 Å². The minimum Gasteiger partial charge on any atom is -0.481 e. The summed E-state index contributed by atoms with van der Waals surface area (Å²) in [6, 6.07) is -0.176. The summed E-state index contributed by atoms with van der Waals surface area (Å²) in [5.74, 6) is 0.135. The number of hydrogen-bond acceptors (Lipinski definition) is 3. The summed E-state index contributed by atoms with van der Waals surface area (Å²) in [6.07, 6.45) is 2.95. The lowest BCUT2D eigenvalue weighted by atomic mass is 10.4. The molecule has 0 bridgehead atoms. The van der Waals surface area contributed by atoms with E-state index in [4.69, 9.17) is 5.11 Å². The first-order chi connectivity index (χ1) is 7.61. The summed E-state index contributed by atoms with van der Waals surface area (Å²) in [6.45, 7) is 3.27. The van der Waals surface area contributed by atoms with Gasteiger partial charge in [0.05, 0.1) is 6.42 Å². The Hall–Kier alpha value is -0.910. The average Bonchev–Trinajstić information content (AvgIpc) is 2.25. The van der Waals surface area contributed by atoms with E-state index in [2.05, 4.69) is 5.32 Å². The molecule has 0 saturated heterocycles. The van der Waals surface area contributed by atoms with Crippen molar-refractivity contribution in [1.82, 2.24) is 10.2 Å². The summed E-state index contributed by atoms with van der Waals surface area (Å²) in [4.78, 5) is 23.5. The lowest BCUT2D eigenvalue weighted by Crippen LogP contribution is -2.41. The number of carboxylic acid groups (broad SMARTS) is 1. The Bertz CT molecular complexity index is 224. The van der Waals surface area contributed by atoms with Crippen LogP contribution >= 0.6 is 11.8 Å². The lowest BCUT2D eigenvalue weighted by molar-refractivity contribution is -0.137. The van der Waals surface area contributed by atoms with Crippen molar-refractivity contribution in [2.24, 2.45) is 0 Å². The Kier molecular flexibility index (Phi) is 8.80. The topological polar surface area (TPSA) is 69.6 Å². The molecule has 0 saturated carbocycles. The van der Waals surface area contributed by atoms with Gasteiger partial charge in [0.15, 0.2) is 0 Å². The number of nitrogens with zero attached hydrogens (tertiary/aromatic N) is 1. The summed E-state index contributed by atoms with van der Waals surface area (Å²) < 4.78 is 0. The van der Waals surface area contributed by atoms with Gasteiger partial charge in [-0.15, -0.1) is 0 Å². The third-order valence-corrected chi connectivity index (χ3v) is 2.76. The fraction of sp³-hybridized carbons (Fsp3) is 0.800. The predicted octanol–water partition coefficient (Wildman–Crippen LogP) is 1.25. The number of hydrogen-bond donors (Lipinski definition) is 2. The molecule has 0 aliphatic rings. The van der Waals surface area contributed by atoms with Gasteiger partial charge in [-0.3, -0.25) is 4.79 Å². The van der Waals surface area contributed by atoms with Crippen molar-refractivity contribution in [3.8, 4) is 0 Å². The highest BCUT2D eigenvalue weighted by Gasteiger charge is 2.11. The minimum absolute atomic E-state index is 0.00787. The van der Waals surface area contributed by atoms with E-state index in [0.29, 0.717) is 13.1 Å². The van der Waals surface area contributed by atoms with Crippen molar-refractivity contribution in [2.75, 3.05) is 31.6 Å². The molecule has 0 unspecified atom stereocenters. The van der Waals surface area contributed by atoms with E-state index in [1.165, 1.54) is 4.90 Å². The third-order valence-electron chi connectivity index (χ3n) is 2.07. The number of rotatable bonds is 8. The van der Waals surface area contributed by atoms with E-state index in [9.17, 15) is 9.59 Å². The second kappa shape index (κ2) is 9.33. The van der Waals surface area contributed by atoms with Crippen LogP contribution in [0.4, 0.5) is 4.79 Å². The number of amides is 2. The highest BCUT2D eigenvalue weighted by atomic mass is 32.2. The molecule has 2 amide bonds. The van der Waals surface area contributed by atoms with Gasteiger partial charge in [-0.05, 0) is 25.4 Å². The fourth-order valence-electron chi connectivity index (χ4n) is 1.16. The number of carboxylic acids is 1. The average molecular weight is 248 g/mol. The normalized spacial score (nSPS) is 9.88. The molecule has 5 nitrogen and oxygen atoms in total. The van der Waals surface area contributed by atoms with Gasteiger partial charge < -0.3 is 15.3 Å². The zero-order valence-electron chi connectivity index (χ0n) is 9.86. The molecular formula is C10H20N2O3S. The Balaban J connectivity index is 3.77. The Morgan fingerprint density at radius 1 is 1.44 bits per heavy atom. The molecule has 0 aliphatic heterocycles. The van der Waals surface area contributed by atoms with E-state index in [1.54, 1.807) is 11.8 Å². The summed E-state index contributed by atoms with van der Waals surface area (Å²) in [7, 11) is 0. The smallest absolute Gasteiger partial charge is 0.317 e. The fourth-order valence-corrected chi connectivity index (χ4v) is 1.59. The SMILES string of the molecule is CCN(CCC(=O)O)C(=O)NCCCSC. The van der Waals surface area contributed by atoms with Crippen molar-refractivity contribution in [3.63, 3.8) is 0 Å². The largest absolute Gasteiger partial charge is 0.481 e. The molecule has 6 heteroatoms. The number of carbonyl (C=O) groups is 2. The maximum absolute atomic E-state index is 11.6. The summed E-state index contributed by atoms with van der Waals surface area (Å²) in [5, 5.41) is 11.3. The van der Waals surface area contributed by atoms with E-state index in [-0.39, 0.29) is 19.0 Å². The van der Waals surface area contributed by atoms with Gasteiger partial charge in [0, 0.05) is 19.6 Å². The molecule has 0 fully saturated rings. The Morgan fingerprint density at radius 3 is 2.62 bits per heavy atom. The van der Waals surface area contributed by atoms with Crippen molar-refractivity contribution in [1.29, 1.82) is 0 Å². The van der Waals surface area contributed by atoms with Crippen molar-refractivity contribution < 1.29 is 14.7 Å². The van der Waals surface area contributed by atoms with Gasteiger partial charge in [-0.2, -0.15) is 11.8 Å².